The highest BCUT2D eigenvalue weighted by atomic mass is 127. The van der Waals surface area contributed by atoms with E-state index >= 15 is 0 Å². The number of ketones is 1. The van der Waals surface area contributed by atoms with Gasteiger partial charge in [-0.25, -0.2) is 0 Å². The van der Waals surface area contributed by atoms with Gasteiger partial charge in [0.1, 0.15) is 0 Å². The molecular formula is C19H24INO. The number of carbonyl (C=O) groups excluding carboxylic acids is 1. The largest absolute Gasteiger partial charge is 0.294 e. The Balaban J connectivity index is 0.000000693. The minimum absolute atomic E-state index is 0.00649. The van der Waals surface area contributed by atoms with Crippen molar-refractivity contribution in [1.29, 1.82) is 0 Å². The van der Waals surface area contributed by atoms with E-state index in [1.54, 1.807) is 6.20 Å². The predicted molar refractivity (Wildman–Crippen MR) is 98.8 cm³/mol. The predicted octanol–water partition coefficient (Wildman–Crippen LogP) is 4.93. The second-order valence-electron chi connectivity index (χ2n) is 7.18. The third kappa shape index (κ3) is 3.15. The number of halogens is 1. The molecule has 1 heterocycles. The number of alkyl halides is 1. The van der Waals surface area contributed by atoms with Crippen LogP contribution in [-0.4, -0.2) is 15.7 Å². The monoisotopic (exact) mass is 409 g/mol. The highest BCUT2D eigenvalue weighted by molar-refractivity contribution is 14.1. The van der Waals surface area contributed by atoms with Crippen LogP contribution in [0.5, 0.6) is 0 Å². The zero-order valence-corrected chi connectivity index (χ0v) is 15.3. The van der Waals surface area contributed by atoms with Crippen LogP contribution < -0.4 is 0 Å². The van der Waals surface area contributed by atoms with Crippen LogP contribution >= 0.6 is 22.6 Å². The van der Waals surface area contributed by atoms with Crippen LogP contribution in [0.25, 0.3) is 6.08 Å². The number of allylic oxidation sites excluding steroid dienone is 1. The summed E-state index contributed by atoms with van der Waals surface area (Å²) in [5.74, 6) is 2.87. The molecule has 0 aromatic carbocycles. The lowest BCUT2D eigenvalue weighted by Gasteiger charge is -2.55. The summed E-state index contributed by atoms with van der Waals surface area (Å²) in [5.41, 5.74) is 1.01. The first-order chi connectivity index (χ1) is 10.7. The molecule has 118 valence electrons. The van der Waals surface area contributed by atoms with Crippen molar-refractivity contribution in [2.75, 3.05) is 4.93 Å². The molecule has 1 aromatic heterocycles. The van der Waals surface area contributed by atoms with Crippen molar-refractivity contribution < 1.29 is 4.79 Å². The van der Waals surface area contributed by atoms with Gasteiger partial charge in [-0.05, 0) is 85.0 Å². The van der Waals surface area contributed by atoms with Crippen LogP contribution in [-0.2, 0) is 4.79 Å². The van der Waals surface area contributed by atoms with Crippen LogP contribution in [0.4, 0.5) is 0 Å². The number of nitrogens with zero attached hydrogens (tertiary/aromatic N) is 1. The number of hydrogen-bond donors (Lipinski definition) is 0. The van der Waals surface area contributed by atoms with E-state index in [2.05, 4.69) is 27.6 Å². The Hall–Kier alpha value is -0.710. The summed E-state index contributed by atoms with van der Waals surface area (Å²) in [6, 6.07) is 3.91. The molecular weight excluding hydrogens is 385 g/mol. The van der Waals surface area contributed by atoms with Crippen molar-refractivity contribution in [3.8, 4) is 0 Å². The molecule has 0 radical (unpaired) electrons. The lowest BCUT2D eigenvalue weighted by atomic mass is 9.48. The first-order valence-electron chi connectivity index (χ1n) is 8.24. The molecule has 4 bridgehead atoms. The van der Waals surface area contributed by atoms with Gasteiger partial charge < -0.3 is 0 Å². The van der Waals surface area contributed by atoms with Crippen LogP contribution in [0.15, 0.2) is 30.6 Å². The molecule has 3 heteroatoms. The van der Waals surface area contributed by atoms with E-state index in [9.17, 15) is 4.79 Å². The van der Waals surface area contributed by atoms with Crippen LogP contribution in [0.3, 0.4) is 0 Å². The van der Waals surface area contributed by atoms with Gasteiger partial charge in [-0.2, -0.15) is 0 Å². The average molecular weight is 409 g/mol. The van der Waals surface area contributed by atoms with Crippen molar-refractivity contribution in [2.45, 2.75) is 38.5 Å². The maximum atomic E-state index is 12.8. The summed E-state index contributed by atoms with van der Waals surface area (Å²) in [5, 5.41) is 0. The first kappa shape index (κ1) is 16.2. The molecule has 0 amide bonds. The molecule has 4 aliphatic carbocycles. The fraction of sp³-hybridized carbons (Fsp3) is 0.579. The summed E-state index contributed by atoms with van der Waals surface area (Å²) in [7, 11) is 0. The average Bonchev–Trinajstić information content (AvgIpc) is 2.54. The minimum atomic E-state index is -0.00649. The van der Waals surface area contributed by atoms with Gasteiger partial charge in [0.25, 0.3) is 0 Å². The van der Waals surface area contributed by atoms with Gasteiger partial charge in [0.05, 0.1) is 0 Å². The summed E-state index contributed by atoms with van der Waals surface area (Å²) in [6.07, 6.45) is 14.9. The lowest BCUT2D eigenvalue weighted by molar-refractivity contribution is -0.138. The van der Waals surface area contributed by atoms with Crippen LogP contribution in [0, 0.1) is 23.2 Å². The number of hydrogen-bond acceptors (Lipinski definition) is 2. The van der Waals surface area contributed by atoms with Gasteiger partial charge in [0.2, 0.25) is 0 Å². The van der Waals surface area contributed by atoms with E-state index in [1.165, 1.54) is 19.3 Å². The zero-order valence-electron chi connectivity index (χ0n) is 13.2. The highest BCUT2D eigenvalue weighted by Gasteiger charge is 2.53. The van der Waals surface area contributed by atoms with E-state index in [1.807, 2.05) is 35.4 Å². The van der Waals surface area contributed by atoms with E-state index in [4.69, 9.17) is 0 Å². The number of carbonyl (C=O) groups is 1. The molecule has 0 atom stereocenters. The highest BCUT2D eigenvalue weighted by Crippen LogP contribution is 2.60. The van der Waals surface area contributed by atoms with E-state index in [0.29, 0.717) is 5.78 Å². The summed E-state index contributed by atoms with van der Waals surface area (Å²) >= 11 is 2.15. The molecule has 0 unspecified atom stereocenters. The summed E-state index contributed by atoms with van der Waals surface area (Å²) in [4.78, 5) is 18.8. The smallest absolute Gasteiger partial charge is 0.161 e. The van der Waals surface area contributed by atoms with E-state index in [0.717, 1.165) is 42.6 Å². The lowest BCUT2D eigenvalue weighted by Crippen LogP contribution is -2.49. The molecule has 22 heavy (non-hydrogen) atoms. The molecule has 4 aliphatic rings. The first-order valence-corrected chi connectivity index (χ1v) is 10.4. The zero-order chi connectivity index (χ0) is 15.6. The Morgan fingerprint density at radius 1 is 1.18 bits per heavy atom. The second kappa shape index (κ2) is 6.81. The minimum Gasteiger partial charge on any atom is -0.294 e. The van der Waals surface area contributed by atoms with Gasteiger partial charge in [0.15, 0.2) is 5.78 Å². The van der Waals surface area contributed by atoms with Gasteiger partial charge in [-0.3, -0.25) is 9.78 Å². The summed E-state index contributed by atoms with van der Waals surface area (Å²) < 4.78 is 0. The Labute approximate surface area is 146 Å². The van der Waals surface area contributed by atoms with Gasteiger partial charge in [-0.1, -0.05) is 28.7 Å². The Bertz CT molecular complexity index is 517. The van der Waals surface area contributed by atoms with Gasteiger partial charge in [0, 0.05) is 17.8 Å². The fourth-order valence-electron chi connectivity index (χ4n) is 5.24. The Morgan fingerprint density at radius 2 is 1.77 bits per heavy atom. The molecule has 4 fully saturated rings. The standard InChI is InChI=1S/C18H21NO.CH3I/c20-17(4-3-13-2-1-5-19-12-13)18-9-14-6-15(10-18)8-16(7-14)11-18;1-2/h1-5,12,14-16H,6-11H2;1H3/b4-3+;. The molecule has 0 N–H and O–H groups in total. The van der Waals surface area contributed by atoms with Crippen molar-refractivity contribution in [3.63, 3.8) is 0 Å². The third-order valence-electron chi connectivity index (χ3n) is 5.67. The third-order valence-corrected chi connectivity index (χ3v) is 5.67. The SMILES string of the molecule is CI.O=C(/C=C/c1cccnc1)C12CC3CC(CC(C3)C1)C2. The van der Waals surface area contributed by atoms with Gasteiger partial charge >= 0.3 is 0 Å². The topological polar surface area (TPSA) is 30.0 Å². The molecule has 0 spiro atoms. The maximum Gasteiger partial charge on any atom is 0.161 e. The molecule has 0 aliphatic heterocycles. The van der Waals surface area contributed by atoms with Crippen LogP contribution in [0.1, 0.15) is 44.1 Å². The van der Waals surface area contributed by atoms with Crippen LogP contribution in [0.2, 0.25) is 0 Å². The summed E-state index contributed by atoms with van der Waals surface area (Å²) in [6.45, 7) is 0. The van der Waals surface area contributed by atoms with Crippen molar-refractivity contribution in [3.05, 3.63) is 36.2 Å². The van der Waals surface area contributed by atoms with Gasteiger partial charge in [-0.15, -0.1) is 0 Å². The Kier molecular flexibility index (Phi) is 5.00. The van der Waals surface area contributed by atoms with Crippen molar-refractivity contribution >= 4 is 34.5 Å². The number of rotatable bonds is 3. The maximum absolute atomic E-state index is 12.8. The number of pyridine rings is 1. The van der Waals surface area contributed by atoms with E-state index in [-0.39, 0.29) is 5.41 Å². The molecule has 4 saturated carbocycles. The molecule has 5 rings (SSSR count). The normalized spacial score (nSPS) is 35.3. The molecule has 1 aromatic rings. The number of aromatic nitrogens is 1. The van der Waals surface area contributed by atoms with E-state index < -0.39 is 0 Å². The Morgan fingerprint density at radius 3 is 2.27 bits per heavy atom. The van der Waals surface area contributed by atoms with Crippen molar-refractivity contribution in [2.24, 2.45) is 23.2 Å². The molecule has 2 nitrogen and oxygen atoms in total. The van der Waals surface area contributed by atoms with Crippen molar-refractivity contribution in [1.82, 2.24) is 4.98 Å². The second-order valence-corrected chi connectivity index (χ2v) is 7.18. The quantitative estimate of drug-likeness (QED) is 0.403. The molecule has 0 saturated heterocycles. The fourth-order valence-corrected chi connectivity index (χ4v) is 5.24.